The second kappa shape index (κ2) is 8.46. The van der Waals surface area contributed by atoms with Gasteiger partial charge < -0.3 is 10.4 Å². The van der Waals surface area contributed by atoms with Crippen LogP contribution in [0.3, 0.4) is 0 Å². The van der Waals surface area contributed by atoms with Crippen LogP contribution in [0, 0.1) is 0 Å². The molecule has 1 rings (SSSR count). The number of carbonyl (C=O) groups excluding carboxylic acids is 1. The summed E-state index contributed by atoms with van der Waals surface area (Å²) in [5.41, 5.74) is 0. The molecule has 1 fully saturated rings. The zero-order chi connectivity index (χ0) is 7.11. The Balaban J connectivity index is 0. The van der Waals surface area contributed by atoms with Gasteiger partial charge in [0.2, 0.25) is 5.91 Å². The summed E-state index contributed by atoms with van der Waals surface area (Å²) in [7, 11) is 0. The smallest absolute Gasteiger partial charge is 0.290 e. The first kappa shape index (κ1) is 12.2. The van der Waals surface area contributed by atoms with E-state index in [1.807, 2.05) is 0 Å². The van der Waals surface area contributed by atoms with Gasteiger partial charge in [-0.1, -0.05) is 0 Å². The molecule has 0 bridgehead atoms. The van der Waals surface area contributed by atoms with Gasteiger partial charge in [-0.05, 0) is 6.42 Å². The summed E-state index contributed by atoms with van der Waals surface area (Å²) in [4.78, 5) is 18.5. The molecular weight excluding hydrogens is 177 g/mol. The maximum Gasteiger partial charge on any atom is 0.290 e. The zero-order valence-electron chi connectivity index (χ0n) is 5.34. The third-order valence-electron chi connectivity index (χ3n) is 0.903. The molecule has 1 aliphatic rings. The van der Waals surface area contributed by atoms with Gasteiger partial charge in [0.25, 0.3) is 6.47 Å². The number of rotatable bonds is 0. The van der Waals surface area contributed by atoms with E-state index in [2.05, 4.69) is 5.32 Å². The normalized spacial score (nSPS) is 13.8. The van der Waals surface area contributed by atoms with Crippen molar-refractivity contribution in [1.82, 2.24) is 5.32 Å². The van der Waals surface area contributed by atoms with Crippen molar-refractivity contribution < 1.29 is 31.8 Å². The molecule has 1 saturated heterocycles. The SMILES string of the molecule is O=C1CCCN1.O=CO.[Mn]. The van der Waals surface area contributed by atoms with Crippen molar-refractivity contribution in [3.05, 3.63) is 0 Å². The second-order valence-electron chi connectivity index (χ2n) is 1.56. The molecule has 4 nitrogen and oxygen atoms in total. The Morgan fingerprint density at radius 3 is 2.20 bits per heavy atom. The van der Waals surface area contributed by atoms with Crippen molar-refractivity contribution in [3.63, 3.8) is 0 Å². The van der Waals surface area contributed by atoms with Crippen LogP contribution in [-0.2, 0) is 26.7 Å². The Bertz CT molecular complexity index is 99.1. The molecule has 59 valence electrons. The van der Waals surface area contributed by atoms with Crippen LogP contribution in [-0.4, -0.2) is 24.0 Å². The van der Waals surface area contributed by atoms with Gasteiger partial charge in [-0.25, -0.2) is 0 Å². The fourth-order valence-corrected chi connectivity index (χ4v) is 0.565. The molecule has 0 aromatic rings. The van der Waals surface area contributed by atoms with Crippen LogP contribution in [0.2, 0.25) is 0 Å². The summed E-state index contributed by atoms with van der Waals surface area (Å²) in [5, 5.41) is 9.57. The zero-order valence-corrected chi connectivity index (χ0v) is 6.52. The number of hydrogen-bond donors (Lipinski definition) is 2. The van der Waals surface area contributed by atoms with E-state index in [0.29, 0.717) is 0 Å². The summed E-state index contributed by atoms with van der Waals surface area (Å²) >= 11 is 0. The molecular formula is C5H9MnNO3. The van der Waals surface area contributed by atoms with Gasteiger partial charge in [0.05, 0.1) is 0 Å². The Morgan fingerprint density at radius 2 is 2.10 bits per heavy atom. The standard InChI is InChI=1S/C4H7NO.CH2O2.Mn/c6-4-2-1-3-5-4;2-1-3;/h1-3H2,(H,5,6);1H,(H,2,3);. The van der Waals surface area contributed by atoms with Crippen LogP contribution in [0.5, 0.6) is 0 Å². The Kier molecular flexibility index (Phi) is 10.3. The van der Waals surface area contributed by atoms with E-state index in [9.17, 15) is 4.79 Å². The molecule has 5 heteroatoms. The average Bonchev–Trinajstić information content (AvgIpc) is 2.20. The summed E-state index contributed by atoms with van der Waals surface area (Å²) in [6.45, 7) is 0.638. The van der Waals surface area contributed by atoms with E-state index in [1.54, 1.807) is 0 Å². The molecule has 1 heterocycles. The van der Waals surface area contributed by atoms with Crippen molar-refractivity contribution in [2.24, 2.45) is 0 Å². The second-order valence-corrected chi connectivity index (χ2v) is 1.56. The third-order valence-corrected chi connectivity index (χ3v) is 0.903. The summed E-state index contributed by atoms with van der Waals surface area (Å²) in [6, 6.07) is 0. The molecule has 2 N–H and O–H groups in total. The van der Waals surface area contributed by atoms with Gasteiger partial charge in [-0.2, -0.15) is 0 Å². The maximum absolute atomic E-state index is 10.1. The van der Waals surface area contributed by atoms with E-state index < -0.39 is 0 Å². The van der Waals surface area contributed by atoms with Gasteiger partial charge in [0.1, 0.15) is 0 Å². The molecule has 0 aliphatic carbocycles. The van der Waals surface area contributed by atoms with Crippen LogP contribution >= 0.6 is 0 Å². The first-order chi connectivity index (χ1) is 4.31. The Labute approximate surface area is 69.5 Å². The summed E-state index contributed by atoms with van der Waals surface area (Å²) in [6.07, 6.45) is 1.76. The molecule has 0 saturated carbocycles. The summed E-state index contributed by atoms with van der Waals surface area (Å²) < 4.78 is 0. The monoisotopic (exact) mass is 186 g/mol. The van der Waals surface area contributed by atoms with Crippen LogP contribution in [0.1, 0.15) is 12.8 Å². The predicted molar refractivity (Wildman–Crippen MR) is 30.9 cm³/mol. The minimum atomic E-state index is -0.250. The molecule has 1 aliphatic heterocycles. The molecule has 0 spiro atoms. The predicted octanol–water partition coefficient (Wildman–Crippen LogP) is -0.405. The van der Waals surface area contributed by atoms with Crippen LogP contribution < -0.4 is 5.32 Å². The van der Waals surface area contributed by atoms with Gasteiger partial charge in [-0.3, -0.25) is 9.59 Å². The Morgan fingerprint density at radius 1 is 1.60 bits per heavy atom. The molecule has 1 amide bonds. The first-order valence-corrected chi connectivity index (χ1v) is 2.66. The van der Waals surface area contributed by atoms with E-state index in [4.69, 9.17) is 9.90 Å². The first-order valence-electron chi connectivity index (χ1n) is 2.66. The quantitative estimate of drug-likeness (QED) is 0.399. The minimum absolute atomic E-state index is 0. The van der Waals surface area contributed by atoms with E-state index >= 15 is 0 Å². The van der Waals surface area contributed by atoms with Crippen LogP contribution in [0.15, 0.2) is 0 Å². The number of carbonyl (C=O) groups is 2. The molecule has 0 atom stereocenters. The number of hydrogen-bond acceptors (Lipinski definition) is 2. The molecule has 0 aromatic carbocycles. The topological polar surface area (TPSA) is 66.4 Å². The van der Waals surface area contributed by atoms with E-state index in [-0.39, 0.29) is 29.4 Å². The number of amides is 1. The molecule has 10 heavy (non-hydrogen) atoms. The van der Waals surface area contributed by atoms with Gasteiger partial charge in [0, 0.05) is 30.0 Å². The minimum Gasteiger partial charge on any atom is -0.483 e. The number of carboxylic acid groups (broad SMARTS) is 1. The van der Waals surface area contributed by atoms with Crippen molar-refractivity contribution in [2.75, 3.05) is 6.54 Å². The van der Waals surface area contributed by atoms with Gasteiger partial charge in [0.15, 0.2) is 0 Å². The maximum atomic E-state index is 10.1. The Hall–Kier alpha value is -0.541. The molecule has 0 aromatic heterocycles. The fraction of sp³-hybridized carbons (Fsp3) is 0.600. The van der Waals surface area contributed by atoms with Crippen molar-refractivity contribution in [3.8, 4) is 0 Å². The van der Waals surface area contributed by atoms with E-state index in [0.717, 1.165) is 19.4 Å². The van der Waals surface area contributed by atoms with Gasteiger partial charge in [-0.15, -0.1) is 0 Å². The van der Waals surface area contributed by atoms with Crippen LogP contribution in [0.4, 0.5) is 0 Å². The van der Waals surface area contributed by atoms with Crippen molar-refractivity contribution in [1.29, 1.82) is 0 Å². The number of nitrogens with one attached hydrogen (secondary N) is 1. The largest absolute Gasteiger partial charge is 0.483 e. The van der Waals surface area contributed by atoms with Crippen molar-refractivity contribution in [2.45, 2.75) is 12.8 Å². The fourth-order valence-electron chi connectivity index (χ4n) is 0.565. The van der Waals surface area contributed by atoms with E-state index in [1.165, 1.54) is 0 Å². The molecule has 0 unspecified atom stereocenters. The molecule has 1 radical (unpaired) electrons. The van der Waals surface area contributed by atoms with Crippen LogP contribution in [0.25, 0.3) is 0 Å². The van der Waals surface area contributed by atoms with Gasteiger partial charge >= 0.3 is 0 Å². The average molecular weight is 186 g/mol. The summed E-state index contributed by atoms with van der Waals surface area (Å²) in [5.74, 6) is 0.204. The third kappa shape index (κ3) is 7.46. The van der Waals surface area contributed by atoms with Crippen molar-refractivity contribution >= 4 is 12.4 Å².